The fourth-order valence-electron chi connectivity index (χ4n) is 2.18. The number of nitrogens with zero attached hydrogens (tertiary/aromatic N) is 2. The standard InChI is InChI=1S/C14H18ClN3O/c1-3-18-14(13(19-2)9-17-18)12(16)8-10-5-4-6-11(15)7-10/h4-7,9,12H,3,8,16H2,1-2H3. The van der Waals surface area contributed by atoms with Gasteiger partial charge in [-0.3, -0.25) is 4.68 Å². The summed E-state index contributed by atoms with van der Waals surface area (Å²) in [4.78, 5) is 0. The van der Waals surface area contributed by atoms with Crippen molar-refractivity contribution in [1.82, 2.24) is 9.78 Å². The largest absolute Gasteiger partial charge is 0.493 e. The van der Waals surface area contributed by atoms with Gasteiger partial charge in [0.25, 0.3) is 0 Å². The molecule has 5 heteroatoms. The molecule has 1 atom stereocenters. The van der Waals surface area contributed by atoms with Gasteiger partial charge in [-0.15, -0.1) is 0 Å². The van der Waals surface area contributed by atoms with Crippen LogP contribution in [0.15, 0.2) is 30.5 Å². The van der Waals surface area contributed by atoms with Crippen molar-refractivity contribution < 1.29 is 4.74 Å². The molecular weight excluding hydrogens is 262 g/mol. The minimum atomic E-state index is -0.170. The van der Waals surface area contributed by atoms with Crippen LogP contribution in [0.1, 0.15) is 24.2 Å². The Morgan fingerprint density at radius 2 is 2.26 bits per heavy atom. The summed E-state index contributed by atoms with van der Waals surface area (Å²) in [6, 6.07) is 7.56. The van der Waals surface area contributed by atoms with Gasteiger partial charge >= 0.3 is 0 Å². The number of rotatable bonds is 5. The van der Waals surface area contributed by atoms with Gasteiger partial charge in [-0.25, -0.2) is 0 Å². The molecule has 1 aromatic carbocycles. The summed E-state index contributed by atoms with van der Waals surface area (Å²) in [7, 11) is 1.63. The average Bonchev–Trinajstić information content (AvgIpc) is 2.81. The van der Waals surface area contributed by atoms with Crippen molar-refractivity contribution in [2.45, 2.75) is 25.9 Å². The first-order valence-corrected chi connectivity index (χ1v) is 6.63. The third kappa shape index (κ3) is 3.08. The fourth-order valence-corrected chi connectivity index (χ4v) is 2.39. The van der Waals surface area contributed by atoms with Gasteiger partial charge in [-0.1, -0.05) is 23.7 Å². The van der Waals surface area contributed by atoms with E-state index in [1.54, 1.807) is 13.3 Å². The van der Waals surface area contributed by atoms with E-state index < -0.39 is 0 Å². The van der Waals surface area contributed by atoms with E-state index in [2.05, 4.69) is 5.10 Å². The maximum Gasteiger partial charge on any atom is 0.161 e. The highest BCUT2D eigenvalue weighted by atomic mass is 35.5. The zero-order valence-corrected chi connectivity index (χ0v) is 11.9. The monoisotopic (exact) mass is 279 g/mol. The highest BCUT2D eigenvalue weighted by molar-refractivity contribution is 6.30. The molecular formula is C14H18ClN3O. The Morgan fingerprint density at radius 3 is 2.89 bits per heavy atom. The molecule has 1 aromatic heterocycles. The number of nitrogens with two attached hydrogens (primary N) is 1. The third-order valence-corrected chi connectivity index (χ3v) is 3.30. The zero-order chi connectivity index (χ0) is 13.8. The van der Waals surface area contributed by atoms with Crippen LogP contribution in [0.5, 0.6) is 5.75 Å². The van der Waals surface area contributed by atoms with Gasteiger partial charge < -0.3 is 10.5 Å². The van der Waals surface area contributed by atoms with Crippen LogP contribution in [0.25, 0.3) is 0 Å². The first kappa shape index (κ1) is 13.9. The van der Waals surface area contributed by atoms with Crippen LogP contribution >= 0.6 is 11.6 Å². The van der Waals surface area contributed by atoms with Gasteiger partial charge in [0.2, 0.25) is 0 Å². The van der Waals surface area contributed by atoms with Crippen molar-refractivity contribution in [1.29, 1.82) is 0 Å². The lowest BCUT2D eigenvalue weighted by molar-refractivity contribution is 0.401. The van der Waals surface area contributed by atoms with Gasteiger partial charge in [-0.05, 0) is 31.0 Å². The van der Waals surface area contributed by atoms with Crippen molar-refractivity contribution in [3.05, 3.63) is 46.7 Å². The number of hydrogen-bond donors (Lipinski definition) is 1. The Morgan fingerprint density at radius 1 is 1.47 bits per heavy atom. The molecule has 0 amide bonds. The van der Waals surface area contributed by atoms with E-state index in [0.717, 1.165) is 28.6 Å². The maximum absolute atomic E-state index is 6.29. The number of benzene rings is 1. The van der Waals surface area contributed by atoms with E-state index in [4.69, 9.17) is 22.1 Å². The Kier molecular flexibility index (Phi) is 4.45. The van der Waals surface area contributed by atoms with E-state index in [9.17, 15) is 0 Å². The quantitative estimate of drug-likeness (QED) is 0.916. The van der Waals surface area contributed by atoms with E-state index in [-0.39, 0.29) is 6.04 Å². The van der Waals surface area contributed by atoms with Crippen LogP contribution in [0.4, 0.5) is 0 Å². The van der Waals surface area contributed by atoms with Gasteiger partial charge in [0.1, 0.15) is 0 Å². The average molecular weight is 280 g/mol. The fraction of sp³-hybridized carbons (Fsp3) is 0.357. The molecule has 2 N–H and O–H groups in total. The minimum absolute atomic E-state index is 0.170. The number of halogens is 1. The van der Waals surface area contributed by atoms with Gasteiger partial charge in [0.15, 0.2) is 5.75 Å². The summed E-state index contributed by atoms with van der Waals surface area (Å²) in [5.74, 6) is 0.733. The molecule has 0 aliphatic rings. The highest BCUT2D eigenvalue weighted by Crippen LogP contribution is 2.26. The Labute approximate surface area is 118 Å². The van der Waals surface area contributed by atoms with Crippen LogP contribution < -0.4 is 10.5 Å². The van der Waals surface area contributed by atoms with Gasteiger partial charge in [0.05, 0.1) is 25.0 Å². The van der Waals surface area contributed by atoms with Gasteiger partial charge in [0, 0.05) is 11.6 Å². The SMILES string of the molecule is CCn1ncc(OC)c1C(N)Cc1cccc(Cl)c1. The van der Waals surface area contributed by atoms with Crippen LogP contribution in [0.2, 0.25) is 5.02 Å². The second-order valence-electron chi connectivity index (χ2n) is 4.35. The molecule has 0 aliphatic heterocycles. The lowest BCUT2D eigenvalue weighted by Gasteiger charge is -2.15. The molecule has 1 heterocycles. The molecule has 0 saturated heterocycles. The van der Waals surface area contributed by atoms with E-state index in [0.29, 0.717) is 6.42 Å². The zero-order valence-electron chi connectivity index (χ0n) is 11.1. The van der Waals surface area contributed by atoms with Crippen molar-refractivity contribution in [2.24, 2.45) is 5.73 Å². The number of aromatic nitrogens is 2. The molecule has 1 unspecified atom stereocenters. The Bertz CT molecular complexity index is 532. The normalized spacial score (nSPS) is 12.4. The van der Waals surface area contributed by atoms with Crippen molar-refractivity contribution in [2.75, 3.05) is 7.11 Å². The number of aryl methyl sites for hydroxylation is 1. The van der Waals surface area contributed by atoms with Gasteiger partial charge in [-0.2, -0.15) is 5.10 Å². The molecule has 0 spiro atoms. The molecule has 0 saturated carbocycles. The summed E-state index contributed by atoms with van der Waals surface area (Å²) >= 11 is 5.99. The first-order valence-electron chi connectivity index (χ1n) is 6.25. The molecule has 0 bridgehead atoms. The molecule has 0 fully saturated rings. The molecule has 0 radical (unpaired) electrons. The Balaban J connectivity index is 2.24. The molecule has 2 aromatic rings. The highest BCUT2D eigenvalue weighted by Gasteiger charge is 2.18. The number of hydrogen-bond acceptors (Lipinski definition) is 3. The van der Waals surface area contributed by atoms with Crippen molar-refractivity contribution in [3.8, 4) is 5.75 Å². The topological polar surface area (TPSA) is 53.1 Å². The third-order valence-electron chi connectivity index (χ3n) is 3.06. The van der Waals surface area contributed by atoms with Crippen LogP contribution in [-0.2, 0) is 13.0 Å². The summed E-state index contributed by atoms with van der Waals surface area (Å²) in [6.45, 7) is 2.80. The minimum Gasteiger partial charge on any atom is -0.493 e. The van der Waals surface area contributed by atoms with E-state index in [1.807, 2.05) is 35.9 Å². The lowest BCUT2D eigenvalue weighted by atomic mass is 10.0. The van der Waals surface area contributed by atoms with E-state index >= 15 is 0 Å². The maximum atomic E-state index is 6.29. The smallest absolute Gasteiger partial charge is 0.161 e. The van der Waals surface area contributed by atoms with Crippen LogP contribution in [-0.4, -0.2) is 16.9 Å². The predicted molar refractivity (Wildman–Crippen MR) is 76.5 cm³/mol. The summed E-state index contributed by atoms with van der Waals surface area (Å²) < 4.78 is 7.19. The molecule has 4 nitrogen and oxygen atoms in total. The molecule has 19 heavy (non-hydrogen) atoms. The Hall–Kier alpha value is -1.52. The number of methoxy groups -OCH3 is 1. The van der Waals surface area contributed by atoms with Crippen LogP contribution in [0, 0.1) is 0 Å². The molecule has 0 aliphatic carbocycles. The summed E-state index contributed by atoms with van der Waals surface area (Å²) in [5, 5.41) is 4.99. The second-order valence-corrected chi connectivity index (χ2v) is 4.79. The van der Waals surface area contributed by atoms with E-state index in [1.165, 1.54) is 0 Å². The predicted octanol–water partition coefficient (Wildman–Crippen LogP) is 2.81. The van der Waals surface area contributed by atoms with Crippen molar-refractivity contribution >= 4 is 11.6 Å². The summed E-state index contributed by atoms with van der Waals surface area (Å²) in [5.41, 5.74) is 8.31. The molecule has 102 valence electrons. The second kappa shape index (κ2) is 6.08. The lowest BCUT2D eigenvalue weighted by Crippen LogP contribution is -2.19. The molecule has 2 rings (SSSR count). The van der Waals surface area contributed by atoms with Crippen molar-refractivity contribution in [3.63, 3.8) is 0 Å². The van der Waals surface area contributed by atoms with Crippen LogP contribution in [0.3, 0.4) is 0 Å². The number of ether oxygens (including phenoxy) is 1. The summed E-state index contributed by atoms with van der Waals surface area (Å²) in [6.07, 6.45) is 2.40. The first-order chi connectivity index (χ1) is 9.15.